The number of hydrogen-bond donors (Lipinski definition) is 0. The molecule has 21 heavy (non-hydrogen) atoms. The average molecular weight is 284 g/mol. The molecule has 0 aliphatic carbocycles. The van der Waals surface area contributed by atoms with Gasteiger partial charge < -0.3 is 9.47 Å². The molecule has 0 spiro atoms. The van der Waals surface area contributed by atoms with E-state index in [0.717, 1.165) is 0 Å². The minimum Gasteiger partial charge on any atom is -0.345 e. The van der Waals surface area contributed by atoms with Crippen LogP contribution in [0.25, 0.3) is 10.9 Å². The van der Waals surface area contributed by atoms with Crippen molar-refractivity contribution in [2.24, 2.45) is 0 Å². The normalized spacial score (nSPS) is 16.0. The smallest absolute Gasteiger partial charge is 0.0482 e. The molecule has 1 fully saturated rings. The Hall–Kier alpha value is -1.28. The van der Waals surface area contributed by atoms with Gasteiger partial charge in [-0.05, 0) is 69.8 Å². The van der Waals surface area contributed by atoms with Crippen LogP contribution in [0.5, 0.6) is 0 Å². The topological polar surface area (TPSA) is 8.17 Å². The summed E-state index contributed by atoms with van der Waals surface area (Å²) in [6.07, 6.45) is 8.26. The molecule has 1 aromatic carbocycles. The molecular formula is C19H28N2. The quantitative estimate of drug-likeness (QED) is 0.674. The SMILES string of the molecule is Cc1cc2ccccc2n1CCCCCCN1CCCC1. The van der Waals surface area contributed by atoms with Crippen molar-refractivity contribution < 1.29 is 0 Å². The number of likely N-dealkylation sites (tertiary alicyclic amines) is 1. The van der Waals surface area contributed by atoms with E-state index in [1.54, 1.807) is 0 Å². The number of aryl methyl sites for hydroxylation is 2. The van der Waals surface area contributed by atoms with Crippen LogP contribution in [0.3, 0.4) is 0 Å². The third-order valence-electron chi connectivity index (χ3n) is 4.82. The van der Waals surface area contributed by atoms with Crippen LogP contribution in [0.1, 0.15) is 44.2 Å². The lowest BCUT2D eigenvalue weighted by Gasteiger charge is -2.14. The van der Waals surface area contributed by atoms with E-state index in [4.69, 9.17) is 0 Å². The Morgan fingerprint density at radius 3 is 2.43 bits per heavy atom. The summed E-state index contributed by atoms with van der Waals surface area (Å²) in [6.45, 7) is 7.41. The van der Waals surface area contributed by atoms with Gasteiger partial charge in [-0.1, -0.05) is 31.0 Å². The number of benzene rings is 1. The molecular weight excluding hydrogens is 256 g/mol. The first-order chi connectivity index (χ1) is 10.3. The number of nitrogens with zero attached hydrogens (tertiary/aromatic N) is 2. The Morgan fingerprint density at radius 2 is 1.62 bits per heavy atom. The van der Waals surface area contributed by atoms with Gasteiger partial charge in [0, 0.05) is 17.8 Å². The molecule has 2 nitrogen and oxygen atoms in total. The maximum atomic E-state index is 2.63. The molecule has 1 aromatic heterocycles. The summed E-state index contributed by atoms with van der Waals surface area (Å²) < 4.78 is 2.48. The highest BCUT2D eigenvalue weighted by molar-refractivity contribution is 5.81. The average Bonchev–Trinajstić information content (AvgIpc) is 3.10. The van der Waals surface area contributed by atoms with Gasteiger partial charge in [-0.2, -0.15) is 0 Å². The van der Waals surface area contributed by atoms with Gasteiger partial charge in [0.1, 0.15) is 0 Å². The Balaban J connectivity index is 1.41. The maximum Gasteiger partial charge on any atom is 0.0482 e. The van der Waals surface area contributed by atoms with E-state index >= 15 is 0 Å². The summed E-state index contributed by atoms with van der Waals surface area (Å²) in [4.78, 5) is 2.63. The third kappa shape index (κ3) is 3.68. The van der Waals surface area contributed by atoms with Gasteiger partial charge in [-0.3, -0.25) is 0 Å². The van der Waals surface area contributed by atoms with Crippen molar-refractivity contribution >= 4 is 10.9 Å². The van der Waals surface area contributed by atoms with Crippen LogP contribution in [-0.4, -0.2) is 29.1 Å². The van der Waals surface area contributed by atoms with Gasteiger partial charge in [0.2, 0.25) is 0 Å². The molecule has 114 valence electrons. The van der Waals surface area contributed by atoms with E-state index in [2.05, 4.69) is 46.7 Å². The molecule has 2 aromatic rings. The van der Waals surface area contributed by atoms with E-state index in [1.165, 1.54) is 81.3 Å². The summed E-state index contributed by atoms with van der Waals surface area (Å²) >= 11 is 0. The predicted molar refractivity (Wildman–Crippen MR) is 90.8 cm³/mol. The summed E-state index contributed by atoms with van der Waals surface area (Å²) in [5.74, 6) is 0. The second-order valence-electron chi connectivity index (χ2n) is 6.46. The molecule has 0 bridgehead atoms. The molecule has 1 saturated heterocycles. The fourth-order valence-electron chi connectivity index (χ4n) is 3.61. The third-order valence-corrected chi connectivity index (χ3v) is 4.82. The highest BCUT2D eigenvalue weighted by atomic mass is 15.1. The van der Waals surface area contributed by atoms with E-state index < -0.39 is 0 Å². The number of para-hydroxylation sites is 1. The molecule has 0 saturated carbocycles. The number of rotatable bonds is 7. The first kappa shape index (κ1) is 14.6. The molecule has 0 radical (unpaired) electrons. The van der Waals surface area contributed by atoms with Crippen LogP contribution in [-0.2, 0) is 6.54 Å². The van der Waals surface area contributed by atoms with Gasteiger partial charge in [0.25, 0.3) is 0 Å². The Morgan fingerprint density at radius 1 is 0.905 bits per heavy atom. The zero-order valence-electron chi connectivity index (χ0n) is 13.4. The Bertz CT molecular complexity index is 564. The van der Waals surface area contributed by atoms with Crippen LogP contribution < -0.4 is 0 Å². The molecule has 1 aliphatic heterocycles. The summed E-state index contributed by atoms with van der Waals surface area (Å²) in [5.41, 5.74) is 2.79. The summed E-state index contributed by atoms with van der Waals surface area (Å²) in [6, 6.07) is 11.0. The second kappa shape index (κ2) is 7.13. The summed E-state index contributed by atoms with van der Waals surface area (Å²) in [7, 11) is 0. The highest BCUT2D eigenvalue weighted by Gasteiger charge is 2.10. The molecule has 2 heteroatoms. The first-order valence-electron chi connectivity index (χ1n) is 8.62. The molecule has 0 amide bonds. The number of hydrogen-bond acceptors (Lipinski definition) is 1. The minimum absolute atomic E-state index is 1.17. The van der Waals surface area contributed by atoms with Crippen LogP contribution in [0.15, 0.2) is 30.3 Å². The number of aromatic nitrogens is 1. The van der Waals surface area contributed by atoms with Gasteiger partial charge in [-0.25, -0.2) is 0 Å². The monoisotopic (exact) mass is 284 g/mol. The van der Waals surface area contributed by atoms with Crippen molar-refractivity contribution in [2.75, 3.05) is 19.6 Å². The standard InChI is InChI=1S/C19H28N2/c1-17-16-18-10-4-5-11-19(18)21(17)15-7-3-2-6-12-20-13-8-9-14-20/h4-5,10-11,16H,2-3,6-9,12-15H2,1H3. The van der Waals surface area contributed by atoms with Crippen LogP contribution in [0, 0.1) is 6.92 Å². The second-order valence-corrected chi connectivity index (χ2v) is 6.46. The lowest BCUT2D eigenvalue weighted by atomic mass is 10.2. The molecule has 2 heterocycles. The fourth-order valence-corrected chi connectivity index (χ4v) is 3.61. The largest absolute Gasteiger partial charge is 0.345 e. The molecule has 0 atom stereocenters. The number of unbranched alkanes of at least 4 members (excludes halogenated alkanes) is 3. The highest BCUT2D eigenvalue weighted by Crippen LogP contribution is 2.20. The van der Waals surface area contributed by atoms with E-state index in [9.17, 15) is 0 Å². The van der Waals surface area contributed by atoms with Crippen molar-refractivity contribution in [1.82, 2.24) is 9.47 Å². The van der Waals surface area contributed by atoms with Crippen molar-refractivity contribution in [2.45, 2.75) is 52.0 Å². The van der Waals surface area contributed by atoms with Crippen LogP contribution in [0.2, 0.25) is 0 Å². The Kier molecular flexibility index (Phi) is 4.97. The van der Waals surface area contributed by atoms with Gasteiger partial charge >= 0.3 is 0 Å². The lowest BCUT2D eigenvalue weighted by Crippen LogP contribution is -2.20. The Labute approximate surface area is 128 Å². The zero-order valence-corrected chi connectivity index (χ0v) is 13.4. The van der Waals surface area contributed by atoms with Crippen LogP contribution in [0.4, 0.5) is 0 Å². The van der Waals surface area contributed by atoms with Crippen molar-refractivity contribution in [3.05, 3.63) is 36.0 Å². The van der Waals surface area contributed by atoms with Gasteiger partial charge in [0.05, 0.1) is 0 Å². The van der Waals surface area contributed by atoms with E-state index in [0.29, 0.717) is 0 Å². The van der Waals surface area contributed by atoms with Crippen LogP contribution >= 0.6 is 0 Å². The number of fused-ring (bicyclic) bond motifs is 1. The minimum atomic E-state index is 1.17. The summed E-state index contributed by atoms with van der Waals surface area (Å²) in [5, 5.41) is 1.38. The first-order valence-corrected chi connectivity index (χ1v) is 8.62. The van der Waals surface area contributed by atoms with Crippen molar-refractivity contribution in [3.8, 4) is 0 Å². The van der Waals surface area contributed by atoms with Gasteiger partial charge in [0.15, 0.2) is 0 Å². The van der Waals surface area contributed by atoms with E-state index in [1.807, 2.05) is 0 Å². The maximum absolute atomic E-state index is 2.63. The fraction of sp³-hybridized carbons (Fsp3) is 0.579. The predicted octanol–water partition coefficient (Wildman–Crippen LogP) is 4.61. The van der Waals surface area contributed by atoms with E-state index in [-0.39, 0.29) is 0 Å². The zero-order chi connectivity index (χ0) is 14.5. The molecule has 3 rings (SSSR count). The van der Waals surface area contributed by atoms with Crippen molar-refractivity contribution in [3.63, 3.8) is 0 Å². The lowest BCUT2D eigenvalue weighted by molar-refractivity contribution is 0.327. The molecule has 1 aliphatic rings. The molecule has 0 unspecified atom stereocenters. The van der Waals surface area contributed by atoms with Gasteiger partial charge in [-0.15, -0.1) is 0 Å². The molecule has 0 N–H and O–H groups in total. The van der Waals surface area contributed by atoms with Crippen molar-refractivity contribution in [1.29, 1.82) is 0 Å².